The average molecular weight is 485 g/mol. The Balaban J connectivity index is 0.00000137. The maximum Gasteiger partial charge on any atom is 0.303 e. The second-order valence-electron chi connectivity index (χ2n) is 7.69. The lowest BCUT2D eigenvalue weighted by Crippen LogP contribution is -2.24. The number of aliphatic imine (C=N–C) groups is 1. The standard InChI is InChI=1S/C22H26N6O4.CH2O2/c1-28(2)13-25-22-26-19-18(21(32)27-22)16(12-24-19)10-7-14-5-8-15(9-6-14)20(31)23-11-3-4-17(29)30;2-1-3/h5-6,8-9,12-13H,3-4,7,10-11H2,1-2H3,(H,23,31)(H,29,30)(H2,24,26,27,32);1H,(H,2,3)/b25-13-;. The van der Waals surface area contributed by atoms with Crippen molar-refractivity contribution in [2.45, 2.75) is 25.7 Å². The summed E-state index contributed by atoms with van der Waals surface area (Å²) in [4.78, 5) is 59.5. The number of nitrogens with one attached hydrogen (secondary N) is 3. The van der Waals surface area contributed by atoms with E-state index in [4.69, 9.17) is 15.0 Å². The fourth-order valence-electron chi connectivity index (χ4n) is 3.17. The van der Waals surface area contributed by atoms with Crippen LogP contribution in [0.15, 0.2) is 40.2 Å². The molecule has 0 saturated heterocycles. The van der Waals surface area contributed by atoms with Crippen molar-refractivity contribution in [2.75, 3.05) is 20.6 Å². The van der Waals surface area contributed by atoms with Crippen LogP contribution in [0.5, 0.6) is 0 Å². The first kappa shape index (κ1) is 26.8. The van der Waals surface area contributed by atoms with Crippen LogP contribution >= 0.6 is 0 Å². The summed E-state index contributed by atoms with van der Waals surface area (Å²) >= 11 is 0. The minimum absolute atomic E-state index is 0.0238. The zero-order valence-corrected chi connectivity index (χ0v) is 19.4. The van der Waals surface area contributed by atoms with E-state index in [-0.39, 0.29) is 30.3 Å². The second kappa shape index (κ2) is 13.3. The van der Waals surface area contributed by atoms with Gasteiger partial charge in [-0.3, -0.25) is 24.2 Å². The number of fused-ring (bicyclic) bond motifs is 1. The molecule has 0 aliphatic carbocycles. The molecule has 0 aliphatic rings. The Bertz CT molecular complexity index is 1230. The zero-order chi connectivity index (χ0) is 25.8. The molecule has 3 rings (SSSR count). The first-order valence-electron chi connectivity index (χ1n) is 10.7. The Hall–Kier alpha value is -4.48. The van der Waals surface area contributed by atoms with Crippen molar-refractivity contribution in [3.8, 4) is 0 Å². The fraction of sp³-hybridized carbons (Fsp3) is 0.304. The summed E-state index contributed by atoms with van der Waals surface area (Å²) in [6.45, 7) is 0.0677. The molecule has 0 atom stereocenters. The summed E-state index contributed by atoms with van der Waals surface area (Å²) in [6, 6.07) is 7.22. The first-order chi connectivity index (χ1) is 16.7. The van der Waals surface area contributed by atoms with Crippen LogP contribution in [0.2, 0.25) is 0 Å². The fourth-order valence-corrected chi connectivity index (χ4v) is 3.17. The lowest BCUT2D eigenvalue weighted by Gasteiger charge is -2.06. The van der Waals surface area contributed by atoms with Gasteiger partial charge in [-0.25, -0.2) is 4.99 Å². The predicted octanol–water partition coefficient (Wildman–Crippen LogP) is 1.55. The predicted molar refractivity (Wildman–Crippen MR) is 130 cm³/mol. The van der Waals surface area contributed by atoms with Gasteiger partial charge in [0.25, 0.3) is 17.9 Å². The van der Waals surface area contributed by atoms with Gasteiger partial charge in [-0.05, 0) is 42.5 Å². The van der Waals surface area contributed by atoms with E-state index in [9.17, 15) is 14.4 Å². The molecule has 2 aromatic heterocycles. The SMILES string of the molecule is CN(C)/C=N\c1nc2[nH]cc(CCc3ccc(C(=O)NCCCC(=O)O)cc3)c2c(=O)[nH]1.O=CO. The van der Waals surface area contributed by atoms with Gasteiger partial charge < -0.3 is 25.4 Å². The summed E-state index contributed by atoms with van der Waals surface area (Å²) in [5.41, 5.74) is 2.65. The molecule has 35 heavy (non-hydrogen) atoms. The third-order valence-electron chi connectivity index (χ3n) is 4.77. The number of carboxylic acids is 1. The van der Waals surface area contributed by atoms with Crippen molar-refractivity contribution in [3.05, 3.63) is 57.5 Å². The lowest BCUT2D eigenvalue weighted by molar-refractivity contribution is -0.137. The molecule has 12 heteroatoms. The van der Waals surface area contributed by atoms with E-state index in [0.717, 1.165) is 11.1 Å². The van der Waals surface area contributed by atoms with Crippen LogP contribution in [0.25, 0.3) is 11.0 Å². The van der Waals surface area contributed by atoms with E-state index in [1.54, 1.807) is 29.6 Å². The topological polar surface area (TPSA) is 181 Å². The molecule has 1 aromatic carbocycles. The van der Waals surface area contributed by atoms with E-state index in [0.29, 0.717) is 42.4 Å². The van der Waals surface area contributed by atoms with Crippen molar-refractivity contribution < 1.29 is 24.6 Å². The van der Waals surface area contributed by atoms with Crippen LogP contribution in [-0.2, 0) is 22.4 Å². The van der Waals surface area contributed by atoms with E-state index < -0.39 is 5.97 Å². The lowest BCUT2D eigenvalue weighted by atomic mass is 10.0. The third-order valence-corrected chi connectivity index (χ3v) is 4.77. The molecule has 0 radical (unpaired) electrons. The van der Waals surface area contributed by atoms with Crippen molar-refractivity contribution in [1.82, 2.24) is 25.2 Å². The Morgan fingerprint density at radius 2 is 1.89 bits per heavy atom. The number of carbonyl (C=O) groups is 3. The third kappa shape index (κ3) is 8.42. The number of H-pyrrole nitrogens is 2. The number of nitrogens with zero attached hydrogens (tertiary/aromatic N) is 3. The van der Waals surface area contributed by atoms with Crippen LogP contribution in [0, 0.1) is 0 Å². The Labute approximate surface area is 200 Å². The Morgan fingerprint density at radius 3 is 2.51 bits per heavy atom. The number of aromatic amines is 2. The second-order valence-corrected chi connectivity index (χ2v) is 7.69. The van der Waals surface area contributed by atoms with Crippen molar-refractivity contribution in [1.29, 1.82) is 0 Å². The monoisotopic (exact) mass is 484 g/mol. The summed E-state index contributed by atoms with van der Waals surface area (Å²) in [7, 11) is 3.66. The van der Waals surface area contributed by atoms with Crippen LogP contribution in [0.3, 0.4) is 0 Å². The van der Waals surface area contributed by atoms with Gasteiger partial charge in [0.05, 0.1) is 11.7 Å². The molecule has 5 N–H and O–H groups in total. The maximum absolute atomic E-state index is 12.5. The molecule has 0 aliphatic heterocycles. The molecule has 0 unspecified atom stereocenters. The summed E-state index contributed by atoms with van der Waals surface area (Å²) in [5, 5.41) is 18.7. The van der Waals surface area contributed by atoms with Crippen molar-refractivity contribution >= 4 is 41.7 Å². The highest BCUT2D eigenvalue weighted by molar-refractivity contribution is 5.94. The maximum atomic E-state index is 12.5. The molecule has 0 saturated carbocycles. The van der Waals surface area contributed by atoms with Gasteiger partial charge in [-0.2, -0.15) is 4.98 Å². The number of aryl methyl sites for hydroxylation is 2. The summed E-state index contributed by atoms with van der Waals surface area (Å²) < 4.78 is 0. The summed E-state index contributed by atoms with van der Waals surface area (Å²) in [5.74, 6) is -0.875. The molecule has 3 aromatic rings. The number of carbonyl (C=O) groups excluding carboxylic acids is 1. The highest BCUT2D eigenvalue weighted by Crippen LogP contribution is 2.17. The minimum atomic E-state index is -0.880. The van der Waals surface area contributed by atoms with Crippen LogP contribution in [0.1, 0.15) is 34.3 Å². The van der Waals surface area contributed by atoms with Gasteiger partial charge in [0.15, 0.2) is 0 Å². The van der Waals surface area contributed by atoms with Gasteiger partial charge in [0, 0.05) is 38.8 Å². The normalized spacial score (nSPS) is 10.6. The van der Waals surface area contributed by atoms with Gasteiger partial charge >= 0.3 is 5.97 Å². The largest absolute Gasteiger partial charge is 0.483 e. The van der Waals surface area contributed by atoms with Crippen LogP contribution in [0.4, 0.5) is 5.95 Å². The summed E-state index contributed by atoms with van der Waals surface area (Å²) in [6.07, 6.45) is 5.08. The van der Waals surface area contributed by atoms with E-state index in [1.807, 2.05) is 26.2 Å². The number of hydrogen-bond donors (Lipinski definition) is 5. The first-order valence-corrected chi connectivity index (χ1v) is 10.7. The zero-order valence-electron chi connectivity index (χ0n) is 19.4. The highest BCUT2D eigenvalue weighted by Gasteiger charge is 2.11. The number of hydrogen-bond acceptors (Lipinski definition) is 6. The number of amides is 1. The van der Waals surface area contributed by atoms with Crippen LogP contribution < -0.4 is 10.9 Å². The quantitative estimate of drug-likeness (QED) is 0.124. The Morgan fingerprint density at radius 1 is 1.20 bits per heavy atom. The molecule has 0 bridgehead atoms. The van der Waals surface area contributed by atoms with E-state index in [2.05, 4.69) is 25.3 Å². The number of rotatable bonds is 10. The Kier molecular flexibility index (Phi) is 10.2. The molecule has 0 fully saturated rings. The number of aliphatic carboxylic acids is 1. The molecule has 186 valence electrons. The van der Waals surface area contributed by atoms with E-state index in [1.165, 1.54) is 0 Å². The highest BCUT2D eigenvalue weighted by atomic mass is 16.4. The molecule has 2 heterocycles. The number of carboxylic acid groups (broad SMARTS) is 2. The van der Waals surface area contributed by atoms with Crippen molar-refractivity contribution in [3.63, 3.8) is 0 Å². The van der Waals surface area contributed by atoms with Gasteiger partial charge in [-0.1, -0.05) is 12.1 Å². The smallest absolute Gasteiger partial charge is 0.303 e. The molecule has 1 amide bonds. The molecular weight excluding hydrogens is 456 g/mol. The van der Waals surface area contributed by atoms with Gasteiger partial charge in [0.1, 0.15) is 5.65 Å². The molecule has 12 nitrogen and oxygen atoms in total. The molecular formula is C23H28N6O6. The van der Waals surface area contributed by atoms with E-state index >= 15 is 0 Å². The van der Waals surface area contributed by atoms with Gasteiger partial charge in [0.2, 0.25) is 5.95 Å². The number of aromatic nitrogens is 3. The minimum Gasteiger partial charge on any atom is -0.483 e. The molecule has 0 spiro atoms. The van der Waals surface area contributed by atoms with Crippen molar-refractivity contribution in [2.24, 2.45) is 4.99 Å². The van der Waals surface area contributed by atoms with Gasteiger partial charge in [-0.15, -0.1) is 0 Å². The average Bonchev–Trinajstić information content (AvgIpc) is 3.23. The van der Waals surface area contributed by atoms with Crippen LogP contribution in [-0.4, -0.2) is 75.4 Å². The number of benzene rings is 1.